The fourth-order valence-corrected chi connectivity index (χ4v) is 2.67. The molecule has 1 atom stereocenters. The van der Waals surface area contributed by atoms with E-state index in [1.807, 2.05) is 6.92 Å². The maximum absolute atomic E-state index is 13.4. The van der Waals surface area contributed by atoms with Crippen molar-refractivity contribution in [2.75, 3.05) is 4.90 Å². The number of amides is 1. The predicted octanol–water partition coefficient (Wildman–Crippen LogP) is 3.44. The Morgan fingerprint density at radius 3 is 2.75 bits per heavy atom. The highest BCUT2D eigenvalue weighted by atomic mass is 19.1. The molecule has 0 aliphatic carbocycles. The number of ether oxygens (including phenoxy) is 1. The number of halogens is 1. The lowest BCUT2D eigenvalue weighted by atomic mass is 10.1. The first-order valence-corrected chi connectivity index (χ1v) is 7.50. The Balaban J connectivity index is 2.04. The lowest BCUT2D eigenvalue weighted by molar-refractivity contribution is -0.384. The standard InChI is InChI=1S/C17H15FN2O4/c1-2-15-17(21)19(10-11-4-3-5-12(18)8-11)14-9-13(20(22)23)6-7-16(14)24-15/h3-9,15H,2,10H2,1H3. The van der Waals surface area contributed by atoms with Crippen LogP contribution in [0.5, 0.6) is 5.75 Å². The molecule has 1 aliphatic heterocycles. The second-order valence-corrected chi connectivity index (χ2v) is 5.48. The number of hydrogen-bond donors (Lipinski definition) is 0. The van der Waals surface area contributed by atoms with Gasteiger partial charge in [0.15, 0.2) is 6.10 Å². The van der Waals surface area contributed by atoms with Gasteiger partial charge in [-0.05, 0) is 30.2 Å². The maximum Gasteiger partial charge on any atom is 0.271 e. The Labute approximate surface area is 137 Å². The summed E-state index contributed by atoms with van der Waals surface area (Å²) >= 11 is 0. The van der Waals surface area contributed by atoms with E-state index in [1.54, 1.807) is 12.1 Å². The van der Waals surface area contributed by atoms with Crippen LogP contribution in [-0.2, 0) is 11.3 Å². The van der Waals surface area contributed by atoms with Gasteiger partial charge in [-0.1, -0.05) is 19.1 Å². The Bertz CT molecular complexity index is 809. The molecular formula is C17H15FN2O4. The highest BCUT2D eigenvalue weighted by Crippen LogP contribution is 2.38. The van der Waals surface area contributed by atoms with Gasteiger partial charge in [0.1, 0.15) is 11.6 Å². The topological polar surface area (TPSA) is 72.7 Å². The number of benzene rings is 2. The fraction of sp³-hybridized carbons (Fsp3) is 0.235. The van der Waals surface area contributed by atoms with Crippen molar-refractivity contribution in [3.63, 3.8) is 0 Å². The van der Waals surface area contributed by atoms with Gasteiger partial charge in [-0.3, -0.25) is 14.9 Å². The van der Waals surface area contributed by atoms with Crippen LogP contribution in [0.2, 0.25) is 0 Å². The third kappa shape index (κ3) is 2.92. The molecule has 2 aromatic rings. The quantitative estimate of drug-likeness (QED) is 0.636. The molecule has 0 bridgehead atoms. The summed E-state index contributed by atoms with van der Waals surface area (Å²) in [7, 11) is 0. The van der Waals surface area contributed by atoms with Crippen molar-refractivity contribution >= 4 is 17.3 Å². The molecule has 24 heavy (non-hydrogen) atoms. The number of nitro groups is 1. The Morgan fingerprint density at radius 2 is 2.08 bits per heavy atom. The van der Waals surface area contributed by atoms with Crippen molar-refractivity contribution in [1.29, 1.82) is 0 Å². The minimum Gasteiger partial charge on any atom is -0.478 e. The average molecular weight is 330 g/mol. The molecule has 3 rings (SSSR count). The molecule has 6 nitrogen and oxygen atoms in total. The lowest BCUT2D eigenvalue weighted by Crippen LogP contribution is -2.45. The van der Waals surface area contributed by atoms with E-state index in [0.717, 1.165) is 0 Å². The third-order valence-electron chi connectivity index (χ3n) is 3.86. The molecule has 1 unspecified atom stereocenters. The van der Waals surface area contributed by atoms with Crippen LogP contribution in [0.4, 0.5) is 15.8 Å². The number of rotatable bonds is 4. The molecule has 124 valence electrons. The van der Waals surface area contributed by atoms with Crippen LogP contribution in [-0.4, -0.2) is 16.9 Å². The number of non-ortho nitro benzene ring substituents is 1. The van der Waals surface area contributed by atoms with Crippen LogP contribution in [0.25, 0.3) is 0 Å². The zero-order valence-corrected chi connectivity index (χ0v) is 12.9. The third-order valence-corrected chi connectivity index (χ3v) is 3.86. The Hall–Kier alpha value is -2.96. The van der Waals surface area contributed by atoms with Crippen molar-refractivity contribution in [1.82, 2.24) is 0 Å². The van der Waals surface area contributed by atoms with E-state index in [0.29, 0.717) is 23.4 Å². The smallest absolute Gasteiger partial charge is 0.271 e. The number of hydrogen-bond acceptors (Lipinski definition) is 4. The molecule has 7 heteroatoms. The van der Waals surface area contributed by atoms with Crippen LogP contribution in [0.1, 0.15) is 18.9 Å². The second kappa shape index (κ2) is 6.27. The zero-order valence-electron chi connectivity index (χ0n) is 12.9. The number of nitro benzene ring substituents is 1. The molecule has 2 aromatic carbocycles. The summed E-state index contributed by atoms with van der Waals surface area (Å²) in [6, 6.07) is 10.0. The van der Waals surface area contributed by atoms with Crippen molar-refractivity contribution in [3.05, 3.63) is 64.0 Å². The molecule has 0 N–H and O–H groups in total. The predicted molar refractivity (Wildman–Crippen MR) is 85.4 cm³/mol. The first kappa shape index (κ1) is 15.9. The molecule has 0 saturated heterocycles. The number of carbonyl (C=O) groups is 1. The molecule has 1 amide bonds. The van der Waals surface area contributed by atoms with Gasteiger partial charge in [-0.25, -0.2) is 4.39 Å². The molecule has 1 aliphatic rings. The zero-order chi connectivity index (χ0) is 17.3. The largest absolute Gasteiger partial charge is 0.478 e. The second-order valence-electron chi connectivity index (χ2n) is 5.48. The van der Waals surface area contributed by atoms with Crippen molar-refractivity contribution in [3.8, 4) is 5.75 Å². The van der Waals surface area contributed by atoms with Crippen LogP contribution in [0, 0.1) is 15.9 Å². The minimum atomic E-state index is -0.660. The summed E-state index contributed by atoms with van der Waals surface area (Å²) in [4.78, 5) is 24.5. The molecule has 1 heterocycles. The number of nitrogens with zero attached hydrogens (tertiary/aromatic N) is 2. The van der Waals surface area contributed by atoms with Gasteiger partial charge in [0, 0.05) is 12.1 Å². The van der Waals surface area contributed by atoms with Crippen LogP contribution >= 0.6 is 0 Å². The monoisotopic (exact) mass is 330 g/mol. The molecular weight excluding hydrogens is 315 g/mol. The first-order chi connectivity index (χ1) is 11.5. The number of anilines is 1. The highest BCUT2D eigenvalue weighted by Gasteiger charge is 2.34. The van der Waals surface area contributed by atoms with Gasteiger partial charge in [-0.2, -0.15) is 0 Å². The SMILES string of the molecule is CCC1Oc2ccc([N+](=O)[O-])cc2N(Cc2cccc(F)c2)C1=O. The fourth-order valence-electron chi connectivity index (χ4n) is 2.67. The van der Waals surface area contributed by atoms with E-state index in [2.05, 4.69) is 0 Å². The van der Waals surface area contributed by atoms with E-state index < -0.39 is 16.8 Å². The minimum absolute atomic E-state index is 0.116. The molecule has 0 saturated carbocycles. The number of carbonyl (C=O) groups excluding carboxylic acids is 1. The van der Waals surface area contributed by atoms with Gasteiger partial charge in [0.2, 0.25) is 0 Å². The van der Waals surface area contributed by atoms with E-state index in [4.69, 9.17) is 4.74 Å². The summed E-state index contributed by atoms with van der Waals surface area (Å²) in [6.07, 6.45) is -0.193. The van der Waals surface area contributed by atoms with Crippen molar-refractivity contribution in [2.24, 2.45) is 0 Å². The molecule has 0 radical (unpaired) electrons. The van der Waals surface area contributed by atoms with Gasteiger partial charge in [-0.15, -0.1) is 0 Å². The average Bonchev–Trinajstić information content (AvgIpc) is 2.56. The van der Waals surface area contributed by atoms with Gasteiger partial charge in [0.05, 0.1) is 17.2 Å². The van der Waals surface area contributed by atoms with E-state index in [9.17, 15) is 19.3 Å². The molecule has 0 spiro atoms. The lowest BCUT2D eigenvalue weighted by Gasteiger charge is -2.34. The van der Waals surface area contributed by atoms with Crippen molar-refractivity contribution in [2.45, 2.75) is 26.0 Å². The Kier molecular flexibility index (Phi) is 4.16. The summed E-state index contributed by atoms with van der Waals surface area (Å²) < 4.78 is 19.0. The van der Waals surface area contributed by atoms with E-state index >= 15 is 0 Å². The molecule has 0 fully saturated rings. The van der Waals surface area contributed by atoms with Gasteiger partial charge < -0.3 is 9.64 Å². The summed E-state index contributed by atoms with van der Waals surface area (Å²) in [6.45, 7) is 1.93. The summed E-state index contributed by atoms with van der Waals surface area (Å²) in [5.41, 5.74) is 0.782. The Morgan fingerprint density at radius 1 is 1.29 bits per heavy atom. The summed E-state index contributed by atoms with van der Waals surface area (Å²) in [5.74, 6) is -0.294. The summed E-state index contributed by atoms with van der Waals surface area (Å²) in [5, 5.41) is 11.0. The normalized spacial score (nSPS) is 16.5. The number of fused-ring (bicyclic) bond motifs is 1. The van der Waals surface area contributed by atoms with E-state index in [-0.39, 0.29) is 18.1 Å². The van der Waals surface area contributed by atoms with Crippen LogP contribution in [0.3, 0.4) is 0 Å². The van der Waals surface area contributed by atoms with Crippen LogP contribution < -0.4 is 9.64 Å². The maximum atomic E-state index is 13.4. The van der Waals surface area contributed by atoms with Crippen LogP contribution in [0.15, 0.2) is 42.5 Å². The van der Waals surface area contributed by atoms with Crippen molar-refractivity contribution < 1.29 is 18.8 Å². The van der Waals surface area contributed by atoms with Gasteiger partial charge in [0.25, 0.3) is 11.6 Å². The molecule has 0 aromatic heterocycles. The highest BCUT2D eigenvalue weighted by molar-refractivity contribution is 6.00. The van der Waals surface area contributed by atoms with E-state index in [1.165, 1.54) is 35.2 Å². The first-order valence-electron chi connectivity index (χ1n) is 7.50. The van der Waals surface area contributed by atoms with Gasteiger partial charge >= 0.3 is 0 Å².